The molecule has 3 nitrogen and oxygen atoms in total. The molecule has 0 radical (unpaired) electrons. The number of benzene rings is 1. The van der Waals surface area contributed by atoms with E-state index in [1.807, 2.05) is 31.2 Å². The summed E-state index contributed by atoms with van der Waals surface area (Å²) in [6.07, 6.45) is 1.53. The Morgan fingerprint density at radius 1 is 1.25 bits per heavy atom. The van der Waals surface area contributed by atoms with Gasteiger partial charge in [0.15, 0.2) is 0 Å². The molecule has 20 heavy (non-hydrogen) atoms. The zero-order valence-electron chi connectivity index (χ0n) is 11.0. The molecule has 0 spiro atoms. The number of carbonyl (C=O) groups excluding carboxylic acids is 1. The van der Waals surface area contributed by atoms with E-state index in [1.54, 1.807) is 17.0 Å². The van der Waals surface area contributed by atoms with E-state index >= 15 is 0 Å². The second-order valence-electron chi connectivity index (χ2n) is 4.32. The molecule has 0 fully saturated rings. The fraction of sp³-hybridized carbons (Fsp3) is 0.200. The van der Waals surface area contributed by atoms with Gasteiger partial charge in [0.25, 0.3) is 5.91 Å². The van der Waals surface area contributed by atoms with Gasteiger partial charge in [-0.15, -0.1) is 0 Å². The molecule has 5 heteroatoms. The minimum atomic E-state index is -0.0724. The topological polar surface area (TPSA) is 33.2 Å². The molecule has 1 heterocycles. The normalized spacial score (nSPS) is 10.3. The van der Waals surface area contributed by atoms with E-state index in [1.165, 1.54) is 6.20 Å². The third kappa shape index (κ3) is 3.71. The number of nitrogens with zero attached hydrogens (tertiary/aromatic N) is 2. The Morgan fingerprint density at radius 2 is 2.05 bits per heavy atom. The third-order valence-electron chi connectivity index (χ3n) is 2.90. The van der Waals surface area contributed by atoms with Gasteiger partial charge in [0.1, 0.15) is 5.15 Å². The average Bonchev–Trinajstić information content (AvgIpc) is 2.44. The van der Waals surface area contributed by atoms with Crippen LogP contribution >= 0.6 is 23.2 Å². The largest absolute Gasteiger partial charge is 0.335 e. The summed E-state index contributed by atoms with van der Waals surface area (Å²) in [4.78, 5) is 18.0. The van der Waals surface area contributed by atoms with Crippen molar-refractivity contribution in [2.24, 2.45) is 0 Å². The van der Waals surface area contributed by atoms with Crippen molar-refractivity contribution in [2.45, 2.75) is 13.5 Å². The van der Waals surface area contributed by atoms with E-state index in [2.05, 4.69) is 4.98 Å². The predicted octanol–water partition coefficient (Wildman–Crippen LogP) is 4.05. The van der Waals surface area contributed by atoms with Crippen LogP contribution in [0.25, 0.3) is 0 Å². The average molecular weight is 309 g/mol. The van der Waals surface area contributed by atoms with Gasteiger partial charge in [-0.3, -0.25) is 4.79 Å². The molecule has 1 amide bonds. The lowest BCUT2D eigenvalue weighted by Gasteiger charge is -2.21. The van der Waals surface area contributed by atoms with Gasteiger partial charge in [-0.25, -0.2) is 4.98 Å². The zero-order valence-corrected chi connectivity index (χ0v) is 12.5. The maximum Gasteiger partial charge on any atom is 0.254 e. The van der Waals surface area contributed by atoms with Crippen LogP contribution in [0.15, 0.2) is 42.6 Å². The lowest BCUT2D eigenvalue weighted by molar-refractivity contribution is 0.0752. The highest BCUT2D eigenvalue weighted by Crippen LogP contribution is 2.15. The lowest BCUT2D eigenvalue weighted by Crippen LogP contribution is -2.30. The number of rotatable bonds is 4. The number of pyridine rings is 1. The summed E-state index contributed by atoms with van der Waals surface area (Å²) in [5, 5.41) is 0.979. The molecule has 2 rings (SSSR count). The molecule has 0 aliphatic rings. The molecule has 0 aliphatic heterocycles. The van der Waals surface area contributed by atoms with E-state index in [4.69, 9.17) is 23.2 Å². The first kappa shape index (κ1) is 14.8. The Bertz CT molecular complexity index is 616. The van der Waals surface area contributed by atoms with Crippen LogP contribution in [0, 0.1) is 0 Å². The maximum atomic E-state index is 12.4. The molecular weight excluding hydrogens is 295 g/mol. The van der Waals surface area contributed by atoms with Crippen molar-refractivity contribution in [3.63, 3.8) is 0 Å². The quantitative estimate of drug-likeness (QED) is 0.798. The number of amides is 1. The van der Waals surface area contributed by atoms with Crippen molar-refractivity contribution in [1.29, 1.82) is 0 Å². The summed E-state index contributed by atoms with van der Waals surface area (Å²) in [6.45, 7) is 3.05. The summed E-state index contributed by atoms with van der Waals surface area (Å²) in [5.41, 5.74) is 1.53. The van der Waals surface area contributed by atoms with Crippen molar-refractivity contribution in [1.82, 2.24) is 9.88 Å². The molecule has 0 N–H and O–H groups in total. The van der Waals surface area contributed by atoms with Gasteiger partial charge in [-0.2, -0.15) is 0 Å². The van der Waals surface area contributed by atoms with Crippen LogP contribution in [0.2, 0.25) is 10.2 Å². The minimum absolute atomic E-state index is 0.0724. The molecule has 0 atom stereocenters. The molecule has 104 valence electrons. The highest BCUT2D eigenvalue weighted by molar-refractivity contribution is 6.30. The summed E-state index contributed by atoms with van der Waals surface area (Å²) < 4.78 is 0. The number of carbonyl (C=O) groups is 1. The third-order valence-corrected chi connectivity index (χ3v) is 3.35. The van der Waals surface area contributed by atoms with Gasteiger partial charge >= 0.3 is 0 Å². The van der Waals surface area contributed by atoms with Crippen molar-refractivity contribution in [2.75, 3.05) is 6.54 Å². The van der Waals surface area contributed by atoms with Gasteiger partial charge in [0.05, 0.1) is 0 Å². The first-order chi connectivity index (χ1) is 9.60. The summed E-state index contributed by atoms with van der Waals surface area (Å²) in [6, 6.07) is 10.7. The van der Waals surface area contributed by atoms with Crippen molar-refractivity contribution in [3.05, 3.63) is 63.9 Å². The number of halogens is 2. The molecule has 2 aromatic rings. The summed E-state index contributed by atoms with van der Waals surface area (Å²) >= 11 is 11.8. The molecule has 0 aliphatic carbocycles. The van der Waals surface area contributed by atoms with E-state index in [-0.39, 0.29) is 5.91 Å². The Balaban J connectivity index is 2.18. The Kier molecular flexibility index (Phi) is 4.99. The van der Waals surface area contributed by atoms with E-state index in [0.29, 0.717) is 28.8 Å². The minimum Gasteiger partial charge on any atom is -0.335 e. The van der Waals surface area contributed by atoms with E-state index in [0.717, 1.165) is 5.56 Å². The molecule has 0 saturated carbocycles. The first-order valence-corrected chi connectivity index (χ1v) is 7.01. The van der Waals surface area contributed by atoms with Gasteiger partial charge in [-0.05, 0) is 36.8 Å². The Hall–Kier alpha value is -1.58. The van der Waals surface area contributed by atoms with Gasteiger partial charge < -0.3 is 4.90 Å². The van der Waals surface area contributed by atoms with Crippen LogP contribution in [-0.4, -0.2) is 22.3 Å². The van der Waals surface area contributed by atoms with E-state index < -0.39 is 0 Å². The van der Waals surface area contributed by atoms with Crippen LogP contribution in [0.4, 0.5) is 0 Å². The first-order valence-electron chi connectivity index (χ1n) is 6.25. The van der Waals surface area contributed by atoms with Gasteiger partial charge in [0.2, 0.25) is 0 Å². The molecule has 0 unspecified atom stereocenters. The maximum absolute atomic E-state index is 12.4. The van der Waals surface area contributed by atoms with Crippen LogP contribution in [0.5, 0.6) is 0 Å². The fourth-order valence-corrected chi connectivity index (χ4v) is 2.29. The standard InChI is InChI=1S/C15H14Cl2N2O/c1-2-19(10-11-4-3-5-13(16)8-11)15(20)12-6-7-18-14(17)9-12/h3-9H,2,10H2,1H3. The van der Waals surface area contributed by atoms with Crippen LogP contribution in [-0.2, 0) is 6.54 Å². The van der Waals surface area contributed by atoms with Crippen LogP contribution < -0.4 is 0 Å². The van der Waals surface area contributed by atoms with Gasteiger partial charge in [0, 0.05) is 29.9 Å². The van der Waals surface area contributed by atoms with Crippen LogP contribution in [0.1, 0.15) is 22.8 Å². The fourth-order valence-electron chi connectivity index (χ4n) is 1.90. The number of hydrogen-bond acceptors (Lipinski definition) is 2. The van der Waals surface area contributed by atoms with Crippen molar-refractivity contribution in [3.8, 4) is 0 Å². The predicted molar refractivity (Wildman–Crippen MR) is 81.1 cm³/mol. The second kappa shape index (κ2) is 6.73. The van der Waals surface area contributed by atoms with E-state index in [9.17, 15) is 4.79 Å². The van der Waals surface area contributed by atoms with Crippen LogP contribution in [0.3, 0.4) is 0 Å². The molecule has 0 saturated heterocycles. The number of aromatic nitrogens is 1. The highest BCUT2D eigenvalue weighted by atomic mass is 35.5. The Morgan fingerprint density at radius 3 is 2.70 bits per heavy atom. The highest BCUT2D eigenvalue weighted by Gasteiger charge is 2.15. The van der Waals surface area contributed by atoms with Crippen molar-refractivity contribution >= 4 is 29.1 Å². The van der Waals surface area contributed by atoms with Crippen molar-refractivity contribution < 1.29 is 4.79 Å². The zero-order chi connectivity index (χ0) is 14.5. The monoisotopic (exact) mass is 308 g/mol. The molecule has 1 aromatic heterocycles. The molecular formula is C15H14Cl2N2O. The SMILES string of the molecule is CCN(Cc1cccc(Cl)c1)C(=O)c1ccnc(Cl)c1. The summed E-state index contributed by atoms with van der Waals surface area (Å²) in [7, 11) is 0. The molecule has 1 aromatic carbocycles. The van der Waals surface area contributed by atoms with Gasteiger partial charge in [-0.1, -0.05) is 35.3 Å². The Labute approximate surface area is 128 Å². The number of hydrogen-bond donors (Lipinski definition) is 0. The summed E-state index contributed by atoms with van der Waals surface area (Å²) in [5.74, 6) is -0.0724. The smallest absolute Gasteiger partial charge is 0.254 e. The molecule has 0 bridgehead atoms. The lowest BCUT2D eigenvalue weighted by atomic mass is 10.2. The second-order valence-corrected chi connectivity index (χ2v) is 5.14.